The van der Waals surface area contributed by atoms with Crippen molar-refractivity contribution < 1.29 is 31.6 Å². The number of halogens is 1. The predicted molar refractivity (Wildman–Crippen MR) is 99.6 cm³/mol. The molecule has 0 aliphatic heterocycles. The van der Waals surface area contributed by atoms with Crippen molar-refractivity contribution in [2.24, 2.45) is 0 Å². The number of hydrogen-bond acceptors (Lipinski definition) is 5. The van der Waals surface area contributed by atoms with Gasteiger partial charge < -0.3 is 21.4 Å². The molecule has 0 saturated carbocycles. The first-order valence-electron chi connectivity index (χ1n) is 7.89. The zero-order valence-corrected chi connectivity index (χ0v) is 16.3. The van der Waals surface area contributed by atoms with E-state index >= 15 is 0 Å². The number of thiazole rings is 1. The van der Waals surface area contributed by atoms with Crippen molar-refractivity contribution in [3.05, 3.63) is 82.2 Å². The maximum Gasteiger partial charge on any atom is 0.288 e. The van der Waals surface area contributed by atoms with Crippen LogP contribution in [0.5, 0.6) is 0 Å². The van der Waals surface area contributed by atoms with Gasteiger partial charge in [-0.1, -0.05) is 29.5 Å². The Balaban J connectivity index is 0.00000210. The van der Waals surface area contributed by atoms with Crippen molar-refractivity contribution in [3.63, 3.8) is 0 Å². The van der Waals surface area contributed by atoms with Gasteiger partial charge in [0, 0.05) is 23.1 Å². The molecule has 0 spiro atoms. The van der Waals surface area contributed by atoms with Gasteiger partial charge in [0.05, 0.1) is 4.92 Å². The van der Waals surface area contributed by atoms with Gasteiger partial charge in [-0.2, -0.15) is 4.98 Å². The molecule has 4 rings (SSSR count). The Morgan fingerprint density at radius 2 is 1.67 bits per heavy atom. The molecule has 0 aliphatic rings. The lowest BCUT2D eigenvalue weighted by atomic mass is 10.1. The molecule has 0 amide bonds. The SMILES string of the molecule is O=[N+]([O-])c1ccc(-c2ccc(-c3csc([NH2+]c4ccccc4)n3)o2)cc1.[Br-]. The van der Waals surface area contributed by atoms with Gasteiger partial charge in [0.1, 0.15) is 17.1 Å². The number of nitrogens with zero attached hydrogens (tertiary/aromatic N) is 2. The third-order valence-corrected chi connectivity index (χ3v) is 4.62. The zero-order valence-electron chi connectivity index (χ0n) is 13.9. The van der Waals surface area contributed by atoms with Crippen LogP contribution in [0, 0.1) is 10.1 Å². The van der Waals surface area contributed by atoms with Gasteiger partial charge in [-0.15, -0.1) is 0 Å². The quantitative estimate of drug-likeness (QED) is 0.287. The molecule has 2 aromatic heterocycles. The number of rotatable bonds is 5. The molecule has 0 radical (unpaired) electrons. The minimum absolute atomic E-state index is 0. The number of non-ortho nitro benzene ring substituents is 1. The molecular formula is C19H14BrN3O3S. The van der Waals surface area contributed by atoms with Crippen LogP contribution in [0.25, 0.3) is 22.8 Å². The molecule has 0 saturated heterocycles. The van der Waals surface area contributed by atoms with E-state index in [4.69, 9.17) is 4.42 Å². The molecule has 0 fully saturated rings. The molecule has 27 heavy (non-hydrogen) atoms. The number of aromatic nitrogens is 1. The number of hydrogen-bond donors (Lipinski definition) is 1. The monoisotopic (exact) mass is 443 g/mol. The van der Waals surface area contributed by atoms with Crippen molar-refractivity contribution in [1.82, 2.24) is 4.98 Å². The second kappa shape index (κ2) is 8.26. The number of nitro groups is 1. The van der Waals surface area contributed by atoms with Crippen LogP contribution < -0.4 is 22.3 Å². The minimum Gasteiger partial charge on any atom is -1.00 e. The van der Waals surface area contributed by atoms with Crippen molar-refractivity contribution in [2.75, 3.05) is 0 Å². The second-order valence-electron chi connectivity index (χ2n) is 5.59. The number of furan rings is 1. The summed E-state index contributed by atoms with van der Waals surface area (Å²) in [7, 11) is 0. The normalized spacial score (nSPS) is 10.4. The third kappa shape index (κ3) is 4.30. The van der Waals surface area contributed by atoms with E-state index in [0.29, 0.717) is 11.5 Å². The van der Waals surface area contributed by atoms with Crippen LogP contribution in [0.2, 0.25) is 0 Å². The van der Waals surface area contributed by atoms with Gasteiger partial charge in [-0.25, -0.2) is 0 Å². The van der Waals surface area contributed by atoms with Gasteiger partial charge in [0.25, 0.3) is 10.8 Å². The van der Waals surface area contributed by atoms with Crippen LogP contribution in [0.4, 0.5) is 16.5 Å². The Hall–Kier alpha value is -2.81. The smallest absolute Gasteiger partial charge is 0.288 e. The number of para-hydroxylation sites is 1. The van der Waals surface area contributed by atoms with E-state index < -0.39 is 4.92 Å². The fourth-order valence-electron chi connectivity index (χ4n) is 2.54. The lowest BCUT2D eigenvalue weighted by Gasteiger charge is -1.97. The first-order chi connectivity index (χ1) is 12.7. The van der Waals surface area contributed by atoms with E-state index in [9.17, 15) is 10.1 Å². The summed E-state index contributed by atoms with van der Waals surface area (Å²) in [5.74, 6) is 1.32. The van der Waals surface area contributed by atoms with Crippen LogP contribution in [0.1, 0.15) is 0 Å². The standard InChI is InChI=1S/C19H13N3O3S.BrH/c23-22(24)15-8-6-13(7-9-15)17-10-11-18(25-17)16-12-26-19(21-16)20-14-4-2-1-3-5-14;/h1-12H,(H,20,21);1H. The summed E-state index contributed by atoms with van der Waals surface area (Å²) in [5.41, 5.74) is 2.71. The van der Waals surface area contributed by atoms with E-state index in [1.807, 2.05) is 53.2 Å². The van der Waals surface area contributed by atoms with Crippen molar-refractivity contribution >= 4 is 27.8 Å². The highest BCUT2D eigenvalue weighted by molar-refractivity contribution is 7.13. The van der Waals surface area contributed by atoms with E-state index in [1.54, 1.807) is 23.5 Å². The van der Waals surface area contributed by atoms with Gasteiger partial charge in [-0.3, -0.25) is 15.4 Å². The van der Waals surface area contributed by atoms with E-state index in [1.165, 1.54) is 12.1 Å². The van der Waals surface area contributed by atoms with E-state index in [-0.39, 0.29) is 22.7 Å². The van der Waals surface area contributed by atoms with E-state index in [0.717, 1.165) is 22.1 Å². The molecule has 2 heterocycles. The summed E-state index contributed by atoms with van der Waals surface area (Å²) >= 11 is 1.55. The highest BCUT2D eigenvalue weighted by atomic mass is 79.9. The summed E-state index contributed by atoms with van der Waals surface area (Å²) in [6.45, 7) is 0. The molecule has 0 bridgehead atoms. The Morgan fingerprint density at radius 1 is 0.963 bits per heavy atom. The molecule has 6 nitrogen and oxygen atoms in total. The summed E-state index contributed by atoms with van der Waals surface area (Å²) in [6.07, 6.45) is 0. The molecule has 2 aromatic carbocycles. The molecule has 0 aliphatic carbocycles. The van der Waals surface area contributed by atoms with Gasteiger partial charge in [-0.05, 0) is 36.4 Å². The Bertz CT molecular complexity index is 1050. The van der Waals surface area contributed by atoms with Crippen LogP contribution in [0.3, 0.4) is 0 Å². The van der Waals surface area contributed by atoms with E-state index in [2.05, 4.69) is 4.98 Å². The minimum atomic E-state index is -0.419. The van der Waals surface area contributed by atoms with Crippen molar-refractivity contribution in [3.8, 4) is 22.8 Å². The van der Waals surface area contributed by atoms with Crippen LogP contribution >= 0.6 is 11.3 Å². The Morgan fingerprint density at radius 3 is 2.37 bits per heavy atom. The molecule has 0 unspecified atom stereocenters. The zero-order chi connectivity index (χ0) is 17.9. The molecular weight excluding hydrogens is 430 g/mol. The highest BCUT2D eigenvalue weighted by Gasteiger charge is 2.13. The molecule has 4 aromatic rings. The lowest BCUT2D eigenvalue weighted by molar-refractivity contribution is -0.478. The van der Waals surface area contributed by atoms with Gasteiger partial charge in [0.15, 0.2) is 5.76 Å². The average molecular weight is 444 g/mol. The topological polar surface area (TPSA) is 85.8 Å². The van der Waals surface area contributed by atoms with Crippen LogP contribution in [0.15, 0.2) is 76.5 Å². The van der Waals surface area contributed by atoms with Gasteiger partial charge >= 0.3 is 0 Å². The number of benzene rings is 2. The fourth-order valence-corrected chi connectivity index (χ4v) is 3.29. The molecule has 0 atom stereocenters. The Kier molecular flexibility index (Phi) is 5.80. The van der Waals surface area contributed by atoms with Crippen LogP contribution in [-0.4, -0.2) is 9.91 Å². The molecule has 136 valence electrons. The summed E-state index contributed by atoms with van der Waals surface area (Å²) in [4.78, 5) is 14.9. The fraction of sp³-hybridized carbons (Fsp3) is 0. The highest BCUT2D eigenvalue weighted by Crippen LogP contribution is 2.30. The molecule has 8 heteroatoms. The first-order valence-corrected chi connectivity index (χ1v) is 8.77. The van der Waals surface area contributed by atoms with Crippen molar-refractivity contribution in [2.45, 2.75) is 0 Å². The number of nitrogens with two attached hydrogens (primary N) is 1. The maximum atomic E-state index is 10.7. The predicted octanol–water partition coefficient (Wildman–Crippen LogP) is 1.51. The lowest BCUT2D eigenvalue weighted by Crippen LogP contribution is -3.00. The van der Waals surface area contributed by atoms with Crippen molar-refractivity contribution in [1.29, 1.82) is 0 Å². The third-order valence-electron chi connectivity index (χ3n) is 3.83. The second-order valence-corrected chi connectivity index (χ2v) is 6.48. The maximum absolute atomic E-state index is 10.7. The Labute approximate surface area is 169 Å². The molecule has 2 N–H and O–H groups in total. The largest absolute Gasteiger partial charge is 1.00 e. The average Bonchev–Trinajstić information content (AvgIpc) is 3.32. The number of nitro benzene ring substituents is 1. The summed E-state index contributed by atoms with van der Waals surface area (Å²) in [6, 6.07) is 20.0. The van der Waals surface area contributed by atoms with Crippen LogP contribution in [-0.2, 0) is 0 Å². The number of quaternary nitrogens is 1. The summed E-state index contributed by atoms with van der Waals surface area (Å²) < 4.78 is 5.88. The first kappa shape index (κ1) is 19.0. The van der Waals surface area contributed by atoms with Gasteiger partial charge in [0.2, 0.25) is 0 Å². The summed E-state index contributed by atoms with van der Waals surface area (Å²) in [5, 5.41) is 15.6.